The number of nitrogens with one attached hydrogen (secondary N) is 10. The van der Waals surface area contributed by atoms with Gasteiger partial charge in [0.2, 0.25) is 48.2 Å². The second-order valence-corrected chi connectivity index (χ2v) is 40.8. The fourth-order valence-corrected chi connectivity index (χ4v) is 17.2. The monoisotopic (exact) mass is 2190 g/mol. The molecule has 0 aliphatic carbocycles. The Morgan fingerprint density at radius 2 is 0.887 bits per heavy atom. The zero-order chi connectivity index (χ0) is 103. The maximum atomic E-state index is 15.2. The van der Waals surface area contributed by atoms with E-state index in [9.17, 15) is 82.1 Å². The van der Waals surface area contributed by atoms with Crippen molar-refractivity contribution in [2.24, 2.45) is 0 Å². The Hall–Kier alpha value is -10.8. The molecule has 13 rings (SSSR count). The topological polar surface area (TPSA) is 618 Å². The number of halogens is 11. The number of aliphatic hydroxyl groups is 1. The van der Waals surface area contributed by atoms with Gasteiger partial charge < -0.3 is 60.6 Å². The highest BCUT2D eigenvalue weighted by Crippen LogP contribution is 2.61. The highest BCUT2D eigenvalue weighted by molar-refractivity contribution is 8.24. The average molecular weight is 2200 g/mol. The SMILES string of the molecule is C.C.C.C.C.CCN(CC)c1ccccc1.CCO.CCOC(=O)c1[nH]c(=O)[nH]c(=O)c1F.CCOC(=O)c1nc(Cl)nc(Cl)c1F.CCOC(=O)c1nc(Cl)nc(Nc2cc(C)[nH]n2)c1F.CCOC(=O)c1nc(N(C)C2C[C@H]3CCC[C@@H](C2)N3S(=O)(=O)CC)nc(Nc2cc(C)[nH]n2)c1F.CCS(=O)(=O)N1[C@@H]2CCC[C@H]1CC(NC)C2.Cc1cc(N)n[nH]1.O=C(O)c1[nH]c(=O)[nH]c(=O)c1F.O=P(Cl)(Cl)Cl. The van der Waals surface area contributed by atoms with Crippen LogP contribution < -0.4 is 54.0 Å². The van der Waals surface area contributed by atoms with Crippen molar-refractivity contribution >= 4 is 164 Å². The standard InChI is InChI=1S/C22H32FN7O4S.C11H11ClFN5O2.C11H22N2O2S.C10H15N.C7H5Cl2FN2O2.C7H7FN2O4.C5H3FN2O4.C4H7N3.C2H6O.5CH4.Cl3OP/c1-5-34-21(31)19-18(23)20(24-17-10-13(3)27-28-17)26-22(25-19)29(4)16-11-14-8-7-9-15(12-16)30(14)35(32,33)6-2;1-3-20-10(19)8-7(13)9(16-11(12)15-8)14-6-4-5(2)17-18-6;1-3-16(14,15)13-10-5-4-6-11(13)8-9(7-10)12-2;1-3-11(4-2)10-8-6-5-7-9-10;1-2-14-6(13)4-3(10)5(8)12-7(9)11-4;1-2-14-6(12)4-3(8)5(11)10-7(13)9-4;6-1-2(4(10)11)7-5(12)8-3(1)9;1-3-2-4(5)7-6-3;1-2-3;;;;;;1-5(2,3)4/h10,14-16H,5-9,11-12H2,1-4H3,(H2,24,25,26,27,28);4H,3H2,1-2H3,(H2,14,15,16,17,18);9-12H,3-8H2,1-2H3;5-9H,3-4H2,1-2H3;2H2,1H3;2H2,1H3,(H2,9,10,11,13);(H,10,11)(H2,7,8,9,12);2H,1H3,(H3,5,6,7);3H,2H2,1H3;5*1H4;/t14-,15+,16?;;9?,10-,11+;;;;;;;;;;;;. The third-order valence-electron chi connectivity index (χ3n) is 19.3. The molecule has 14 N–H and O–H groups in total. The first kappa shape index (κ1) is 133. The summed E-state index contributed by atoms with van der Waals surface area (Å²) in [5, 5.41) is 40.0. The van der Waals surface area contributed by atoms with Gasteiger partial charge in [-0.3, -0.25) is 49.4 Å². The number of nitrogen functional groups attached to an aromatic ring is 1. The summed E-state index contributed by atoms with van der Waals surface area (Å²) >= 11 is 30.3. The molecule has 4 aliphatic rings. The summed E-state index contributed by atoms with van der Waals surface area (Å²) in [6.07, 6.45) is 8.99. The first-order valence-electron chi connectivity index (χ1n) is 42.0. The number of carboxylic acid groups (broad SMARTS) is 1. The fourth-order valence-electron chi connectivity index (χ4n) is 13.5. The fraction of sp³-hybridized carbons (Fsp3) is 0.524. The van der Waals surface area contributed by atoms with E-state index < -0.39 is 140 Å². The third-order valence-corrected chi connectivity index (χ3v) is 23.8. The van der Waals surface area contributed by atoms with Gasteiger partial charge in [0.05, 0.1) is 37.9 Å². The van der Waals surface area contributed by atoms with E-state index in [1.807, 2.05) is 34.2 Å². The molecule has 4 saturated heterocycles. The number of aromatic carboxylic acids is 1. The maximum Gasteiger partial charge on any atom is 0.360 e. The van der Waals surface area contributed by atoms with E-state index in [4.69, 9.17) is 60.2 Å². The molecule has 0 amide bonds. The number of piperidine rings is 4. The quantitative estimate of drug-likeness (QED) is 0.00706. The number of nitrogens with two attached hydrogens (primary N) is 1. The predicted octanol–water partition coefficient (Wildman–Crippen LogP) is 15.1. The van der Waals surface area contributed by atoms with Crippen LogP contribution in [0.1, 0.15) is 233 Å². The Bertz CT molecular complexity index is 5960. The molecule has 4 aliphatic heterocycles. The van der Waals surface area contributed by atoms with Crippen molar-refractivity contribution in [2.45, 2.75) is 221 Å². The van der Waals surface area contributed by atoms with Crippen LogP contribution in [0.4, 0.5) is 62.7 Å². The van der Waals surface area contributed by atoms with Gasteiger partial charge in [0.1, 0.15) is 5.82 Å². The Balaban J connectivity index is 0. The zero-order valence-electron chi connectivity index (χ0n) is 76.6. The van der Waals surface area contributed by atoms with Crippen molar-refractivity contribution in [1.29, 1.82) is 0 Å². The number of ether oxygens (including phenoxy) is 4. The lowest BCUT2D eigenvalue weighted by molar-refractivity contribution is 0.0503. The van der Waals surface area contributed by atoms with Gasteiger partial charge >= 0.3 is 46.4 Å². The van der Waals surface area contributed by atoms with Gasteiger partial charge in [-0.15, -0.1) is 0 Å². The molecule has 142 heavy (non-hydrogen) atoms. The van der Waals surface area contributed by atoms with Gasteiger partial charge in [-0.05, 0) is 211 Å². The molecule has 58 heteroatoms. The second kappa shape index (κ2) is 64.7. The van der Waals surface area contributed by atoms with Crippen LogP contribution in [-0.2, 0) is 43.6 Å². The molecule has 4 bridgehead atoms. The molecule has 4 fully saturated rings. The lowest BCUT2D eigenvalue weighted by Gasteiger charge is -2.49. The van der Waals surface area contributed by atoms with Gasteiger partial charge in [-0.1, -0.05) is 79.8 Å². The van der Waals surface area contributed by atoms with E-state index in [-0.39, 0.29) is 140 Å². The minimum absolute atomic E-state index is 0. The lowest BCUT2D eigenvalue weighted by Crippen LogP contribution is -2.58. The molecule has 6 atom stereocenters. The summed E-state index contributed by atoms with van der Waals surface area (Å²) in [6, 6.07) is 16.3. The number of fused-ring (bicyclic) bond motifs is 4. The van der Waals surface area contributed by atoms with Crippen LogP contribution in [0.2, 0.25) is 15.7 Å². The molecule has 9 aromatic rings. The lowest BCUT2D eigenvalue weighted by atomic mass is 9.83. The van der Waals surface area contributed by atoms with Crippen molar-refractivity contribution < 1.29 is 96.5 Å². The number of carbonyl (C=O) groups is 5. The van der Waals surface area contributed by atoms with E-state index in [1.54, 1.807) is 94.9 Å². The number of aryl methyl sites for hydroxylation is 3. The van der Waals surface area contributed by atoms with Gasteiger partial charge in [0, 0.05) is 104 Å². The molecule has 8 aromatic heterocycles. The Morgan fingerprint density at radius 3 is 1.24 bits per heavy atom. The predicted molar refractivity (Wildman–Crippen MR) is 539 cm³/mol. The highest BCUT2D eigenvalue weighted by atomic mass is 36.0. The summed E-state index contributed by atoms with van der Waals surface area (Å²) in [6.45, 7) is 24.0. The molecule has 0 radical (unpaired) electrons. The molecule has 44 nitrogen and oxygen atoms in total. The van der Waals surface area contributed by atoms with Crippen LogP contribution >= 0.6 is 73.7 Å². The number of sulfonamides is 2. The summed E-state index contributed by atoms with van der Waals surface area (Å²) in [7, 11) is -2.55. The van der Waals surface area contributed by atoms with Crippen LogP contribution in [0.25, 0.3) is 0 Å². The number of anilines is 7. The Kier molecular flexibility index (Phi) is 60.7. The molecular weight excluding hydrogens is 2070 g/mol. The Morgan fingerprint density at radius 1 is 0.528 bits per heavy atom. The second-order valence-electron chi connectivity index (χ2n) is 28.8. The first-order valence-corrected chi connectivity index (χ1v) is 50.8. The van der Waals surface area contributed by atoms with Crippen molar-refractivity contribution in [3.8, 4) is 0 Å². The van der Waals surface area contributed by atoms with Crippen LogP contribution in [0.5, 0.6) is 0 Å². The number of para-hydroxylation sites is 1. The number of aromatic amines is 7. The van der Waals surface area contributed by atoms with E-state index in [2.05, 4.69) is 163 Å². The molecule has 0 saturated carbocycles. The molecule has 798 valence electrons. The van der Waals surface area contributed by atoms with Crippen LogP contribution in [0.3, 0.4) is 0 Å². The summed E-state index contributed by atoms with van der Waals surface area (Å²) in [5.41, 5.74) is 1.12. The number of aliphatic hydroxyl groups excluding tert-OH is 1. The largest absolute Gasteiger partial charge is 0.476 e. The number of hydrogen-bond donors (Lipinski definition) is 13. The maximum absolute atomic E-state index is 15.2. The number of esters is 4. The minimum Gasteiger partial charge on any atom is -0.476 e. The van der Waals surface area contributed by atoms with Crippen molar-refractivity contribution in [3.05, 3.63) is 181 Å². The zero-order valence-corrected chi connectivity index (χ0v) is 83.6. The van der Waals surface area contributed by atoms with Crippen LogP contribution in [0.15, 0.2) is 67.7 Å². The molecule has 2 unspecified atom stereocenters. The summed E-state index contributed by atoms with van der Waals surface area (Å²) in [4.78, 5) is 132. The first-order chi connectivity index (χ1) is 64.4. The number of H-pyrrole nitrogens is 7. The van der Waals surface area contributed by atoms with E-state index in [1.165, 1.54) is 24.0 Å². The van der Waals surface area contributed by atoms with Crippen molar-refractivity contribution in [1.82, 2.24) is 94.4 Å². The van der Waals surface area contributed by atoms with Crippen LogP contribution in [0, 0.1) is 49.9 Å². The number of rotatable bonds is 23. The Labute approximate surface area is 849 Å². The van der Waals surface area contributed by atoms with Gasteiger partial charge in [-0.25, -0.2) is 83.5 Å². The normalized spacial score (nSPS) is 15.6. The number of carboxylic acids is 1. The molecule has 0 spiro atoms. The number of aromatic nitrogens is 16. The van der Waals surface area contributed by atoms with Crippen molar-refractivity contribution in [3.63, 3.8) is 0 Å². The summed E-state index contributed by atoms with van der Waals surface area (Å²) in [5.74, 6) is -10.0. The van der Waals surface area contributed by atoms with Crippen molar-refractivity contribution in [2.75, 3.05) is 97.9 Å². The number of nitrogens with zero attached hydrogens (tertiary/aromatic N) is 13. The third kappa shape index (κ3) is 42.2. The van der Waals surface area contributed by atoms with E-state index >= 15 is 4.39 Å². The summed E-state index contributed by atoms with van der Waals surface area (Å²) < 4.78 is 149. The molecular formula is C84H128Cl6F5N24O20PS2. The number of benzene rings is 1. The van der Waals surface area contributed by atoms with Crippen LogP contribution in [-0.4, -0.2) is 254 Å². The van der Waals surface area contributed by atoms with E-state index in [0.717, 1.165) is 75.1 Å². The number of carbonyl (C=O) groups excluding carboxylic acids is 4. The van der Waals surface area contributed by atoms with Gasteiger partial charge in [0.15, 0.2) is 74.3 Å². The highest BCUT2D eigenvalue weighted by Gasteiger charge is 2.46. The van der Waals surface area contributed by atoms with Gasteiger partial charge in [-0.2, -0.15) is 42.7 Å². The van der Waals surface area contributed by atoms with Gasteiger partial charge in [0.25, 0.3) is 11.1 Å². The molecule has 1 aromatic carbocycles. The average Bonchev–Trinajstić information content (AvgIpc) is 0.962. The number of hydrogen-bond acceptors (Lipinski definition) is 34. The minimum atomic E-state index is -3.31. The van der Waals surface area contributed by atoms with E-state index in [0.29, 0.717) is 36.3 Å². The molecule has 12 heterocycles. The smallest absolute Gasteiger partial charge is 0.360 e.